The van der Waals surface area contributed by atoms with Crippen LogP contribution in [0, 0.1) is 0 Å². The number of aryl methyl sites for hydroxylation is 1. The van der Waals surface area contributed by atoms with Crippen LogP contribution in [0.2, 0.25) is 0 Å². The molecule has 2 aliphatic heterocycles. The van der Waals surface area contributed by atoms with E-state index >= 15 is 0 Å². The van der Waals surface area contributed by atoms with E-state index in [2.05, 4.69) is 64.8 Å². The zero-order valence-electron chi connectivity index (χ0n) is 15.2. The Morgan fingerprint density at radius 1 is 1.04 bits per heavy atom. The number of anilines is 1. The van der Waals surface area contributed by atoms with Gasteiger partial charge < -0.3 is 5.32 Å². The molecule has 0 radical (unpaired) electrons. The summed E-state index contributed by atoms with van der Waals surface area (Å²) in [5.74, 6) is 0.840. The van der Waals surface area contributed by atoms with Crippen molar-refractivity contribution in [3.8, 4) is 0 Å². The minimum atomic E-state index is 0.125. The fraction of sp³-hybridized carbons (Fsp3) is 0.348. The summed E-state index contributed by atoms with van der Waals surface area (Å²) < 4.78 is 0. The Morgan fingerprint density at radius 2 is 1.85 bits per heavy atom. The number of benzene rings is 2. The van der Waals surface area contributed by atoms with Crippen molar-refractivity contribution in [3.05, 3.63) is 71.3 Å². The Bertz CT molecular complexity index is 789. The van der Waals surface area contributed by atoms with Gasteiger partial charge in [0, 0.05) is 18.7 Å². The molecule has 1 N–H and O–H groups in total. The van der Waals surface area contributed by atoms with Crippen LogP contribution in [-0.2, 0) is 11.2 Å². The first kappa shape index (κ1) is 17.0. The third kappa shape index (κ3) is 4.05. The lowest BCUT2D eigenvalue weighted by atomic mass is 9.89. The first-order chi connectivity index (χ1) is 12.8. The minimum absolute atomic E-state index is 0.125. The number of rotatable bonds is 4. The number of fused-ring (bicyclic) bond motifs is 1. The lowest BCUT2D eigenvalue weighted by Gasteiger charge is -2.31. The van der Waals surface area contributed by atoms with Crippen molar-refractivity contribution in [1.82, 2.24) is 4.90 Å². The molecule has 4 rings (SSSR count). The smallest absolute Gasteiger partial charge is 0.224 e. The predicted octanol–water partition coefficient (Wildman–Crippen LogP) is 4.46. The summed E-state index contributed by atoms with van der Waals surface area (Å²) in [6, 6.07) is 17.2. The molecule has 0 atom stereocenters. The zero-order chi connectivity index (χ0) is 17.8. The zero-order valence-corrected chi connectivity index (χ0v) is 15.2. The molecule has 0 spiro atoms. The van der Waals surface area contributed by atoms with Gasteiger partial charge in [0.1, 0.15) is 0 Å². The molecule has 0 bridgehead atoms. The molecule has 3 heteroatoms. The van der Waals surface area contributed by atoms with Crippen LogP contribution in [-0.4, -0.2) is 30.4 Å². The van der Waals surface area contributed by atoms with Crippen LogP contribution >= 0.6 is 0 Å². The van der Waals surface area contributed by atoms with Crippen LogP contribution in [0.4, 0.5) is 5.69 Å². The molecule has 2 heterocycles. The second-order valence-electron chi connectivity index (χ2n) is 7.35. The molecule has 1 saturated heterocycles. The van der Waals surface area contributed by atoms with Crippen molar-refractivity contribution in [3.63, 3.8) is 0 Å². The van der Waals surface area contributed by atoms with E-state index in [0.717, 1.165) is 18.7 Å². The molecule has 1 fully saturated rings. The van der Waals surface area contributed by atoms with Gasteiger partial charge >= 0.3 is 0 Å². The SMILES string of the molecule is O=C1CCc2cc(/C=C/CN3CCC(c4ccccc4)CC3)ccc2N1. The summed E-state index contributed by atoms with van der Waals surface area (Å²) in [5, 5.41) is 2.94. The second kappa shape index (κ2) is 7.88. The van der Waals surface area contributed by atoms with Crippen molar-refractivity contribution >= 4 is 17.7 Å². The molecule has 0 saturated carbocycles. The van der Waals surface area contributed by atoms with E-state index in [0.29, 0.717) is 12.3 Å². The number of likely N-dealkylation sites (tertiary alicyclic amines) is 1. The Kier molecular flexibility index (Phi) is 5.16. The maximum absolute atomic E-state index is 11.4. The van der Waals surface area contributed by atoms with E-state index in [1.807, 2.05) is 6.07 Å². The number of nitrogens with one attached hydrogen (secondary N) is 1. The quantitative estimate of drug-likeness (QED) is 0.886. The first-order valence-corrected chi connectivity index (χ1v) is 9.64. The third-order valence-corrected chi connectivity index (χ3v) is 5.56. The van der Waals surface area contributed by atoms with E-state index in [1.54, 1.807) is 0 Å². The third-order valence-electron chi connectivity index (χ3n) is 5.56. The van der Waals surface area contributed by atoms with Gasteiger partial charge in [-0.3, -0.25) is 9.69 Å². The maximum atomic E-state index is 11.4. The van der Waals surface area contributed by atoms with Crippen molar-refractivity contribution in [2.45, 2.75) is 31.6 Å². The van der Waals surface area contributed by atoms with Gasteiger partial charge in [-0.05, 0) is 67.1 Å². The fourth-order valence-corrected chi connectivity index (χ4v) is 4.02. The van der Waals surface area contributed by atoms with Crippen molar-refractivity contribution in [2.24, 2.45) is 0 Å². The van der Waals surface area contributed by atoms with Crippen molar-refractivity contribution < 1.29 is 4.79 Å². The number of carbonyl (C=O) groups is 1. The molecule has 134 valence electrons. The second-order valence-corrected chi connectivity index (χ2v) is 7.35. The summed E-state index contributed by atoms with van der Waals surface area (Å²) in [6.07, 6.45) is 8.41. The number of nitrogens with zero attached hydrogens (tertiary/aromatic N) is 1. The topological polar surface area (TPSA) is 32.3 Å². The van der Waals surface area contributed by atoms with Crippen LogP contribution in [0.15, 0.2) is 54.6 Å². The molecule has 2 aliphatic rings. The van der Waals surface area contributed by atoms with Gasteiger partial charge in [-0.1, -0.05) is 48.6 Å². The summed E-state index contributed by atoms with van der Waals surface area (Å²) in [6.45, 7) is 3.34. The lowest BCUT2D eigenvalue weighted by Crippen LogP contribution is -2.32. The van der Waals surface area contributed by atoms with Gasteiger partial charge in [0.2, 0.25) is 5.91 Å². The average Bonchev–Trinajstić information content (AvgIpc) is 2.69. The summed E-state index contributed by atoms with van der Waals surface area (Å²) >= 11 is 0. The maximum Gasteiger partial charge on any atom is 0.224 e. The highest BCUT2D eigenvalue weighted by Gasteiger charge is 2.19. The van der Waals surface area contributed by atoms with Gasteiger partial charge in [0.15, 0.2) is 0 Å². The summed E-state index contributed by atoms with van der Waals surface area (Å²) in [4.78, 5) is 14.0. The monoisotopic (exact) mass is 346 g/mol. The van der Waals surface area contributed by atoms with Gasteiger partial charge in [0.25, 0.3) is 0 Å². The van der Waals surface area contributed by atoms with Crippen LogP contribution in [0.5, 0.6) is 0 Å². The Balaban J connectivity index is 1.29. The highest BCUT2D eigenvalue weighted by Crippen LogP contribution is 2.28. The van der Waals surface area contributed by atoms with E-state index in [1.165, 1.54) is 42.6 Å². The summed E-state index contributed by atoms with van der Waals surface area (Å²) in [5.41, 5.74) is 4.93. The van der Waals surface area contributed by atoms with E-state index in [4.69, 9.17) is 0 Å². The Hall–Kier alpha value is -2.39. The number of hydrogen-bond acceptors (Lipinski definition) is 2. The molecule has 26 heavy (non-hydrogen) atoms. The number of piperidine rings is 1. The van der Waals surface area contributed by atoms with E-state index in [9.17, 15) is 4.79 Å². The molecule has 0 unspecified atom stereocenters. The van der Waals surface area contributed by atoms with Crippen LogP contribution in [0.1, 0.15) is 41.9 Å². The average molecular weight is 346 g/mol. The predicted molar refractivity (Wildman–Crippen MR) is 107 cm³/mol. The lowest BCUT2D eigenvalue weighted by molar-refractivity contribution is -0.116. The molecular formula is C23H26N2O. The largest absolute Gasteiger partial charge is 0.326 e. The van der Waals surface area contributed by atoms with Crippen LogP contribution in [0.25, 0.3) is 6.08 Å². The van der Waals surface area contributed by atoms with E-state index < -0.39 is 0 Å². The minimum Gasteiger partial charge on any atom is -0.326 e. The number of carbonyl (C=O) groups excluding carboxylic acids is 1. The highest BCUT2D eigenvalue weighted by molar-refractivity contribution is 5.94. The van der Waals surface area contributed by atoms with Crippen molar-refractivity contribution in [1.29, 1.82) is 0 Å². The molecule has 2 aromatic rings. The Labute approximate surface area is 155 Å². The van der Waals surface area contributed by atoms with Crippen LogP contribution < -0.4 is 5.32 Å². The van der Waals surface area contributed by atoms with E-state index in [-0.39, 0.29) is 5.91 Å². The van der Waals surface area contributed by atoms with Crippen LogP contribution in [0.3, 0.4) is 0 Å². The molecular weight excluding hydrogens is 320 g/mol. The molecule has 3 nitrogen and oxygen atoms in total. The molecule has 0 aromatic heterocycles. The fourth-order valence-electron chi connectivity index (χ4n) is 4.02. The summed E-state index contributed by atoms with van der Waals surface area (Å²) in [7, 11) is 0. The molecule has 0 aliphatic carbocycles. The molecule has 2 aromatic carbocycles. The van der Waals surface area contributed by atoms with Gasteiger partial charge in [-0.25, -0.2) is 0 Å². The highest BCUT2D eigenvalue weighted by atomic mass is 16.1. The van der Waals surface area contributed by atoms with Gasteiger partial charge in [-0.15, -0.1) is 0 Å². The Morgan fingerprint density at radius 3 is 2.65 bits per heavy atom. The van der Waals surface area contributed by atoms with Gasteiger partial charge in [-0.2, -0.15) is 0 Å². The number of hydrogen-bond donors (Lipinski definition) is 1. The standard InChI is InChI=1S/C23H26N2O/c26-23-11-9-21-17-18(8-10-22(21)24-23)5-4-14-25-15-12-20(13-16-25)19-6-2-1-3-7-19/h1-8,10,17,20H,9,11-16H2,(H,24,26)/b5-4+. The normalized spacial score (nSPS) is 18.7. The molecule has 1 amide bonds. The van der Waals surface area contributed by atoms with Gasteiger partial charge in [0.05, 0.1) is 0 Å². The van der Waals surface area contributed by atoms with Crippen molar-refractivity contribution in [2.75, 3.05) is 25.0 Å². The first-order valence-electron chi connectivity index (χ1n) is 9.64. The number of amides is 1.